The van der Waals surface area contributed by atoms with Crippen LogP contribution in [-0.4, -0.2) is 42.1 Å². The highest BCUT2D eigenvalue weighted by Gasteiger charge is 2.21. The Labute approximate surface area is 250 Å². The molecule has 0 radical (unpaired) electrons. The number of benzene rings is 2. The molecule has 2 aromatic carbocycles. The summed E-state index contributed by atoms with van der Waals surface area (Å²) >= 11 is 8.63. The van der Waals surface area contributed by atoms with Gasteiger partial charge in [-0.3, -0.25) is 0 Å². The van der Waals surface area contributed by atoms with Gasteiger partial charge in [0.05, 0.1) is 0 Å². The largest absolute Gasteiger partial charge is 0.457 e. The lowest BCUT2D eigenvalue weighted by atomic mass is 9.92. The van der Waals surface area contributed by atoms with Crippen molar-refractivity contribution < 1.29 is 18.3 Å². The molecule has 0 aliphatic rings. The summed E-state index contributed by atoms with van der Waals surface area (Å²) in [7, 11) is 2.81. The average molecular weight is 615 g/mol. The van der Waals surface area contributed by atoms with Crippen LogP contribution in [0.3, 0.4) is 0 Å². The molecule has 0 heterocycles. The zero-order valence-corrected chi connectivity index (χ0v) is 28.5. The second-order valence-corrected chi connectivity index (χ2v) is 16.6. The smallest absolute Gasteiger partial charge is 0.388 e. The molecule has 0 unspecified atom stereocenters. The fourth-order valence-electron chi connectivity index (χ4n) is 3.42. The Morgan fingerprint density at radius 1 is 0.949 bits per heavy atom. The molecule has 39 heavy (non-hydrogen) atoms. The van der Waals surface area contributed by atoms with Gasteiger partial charge in [-0.25, -0.2) is 4.57 Å². The molecule has 0 saturated heterocycles. The minimum atomic E-state index is -2.82. The van der Waals surface area contributed by atoms with Gasteiger partial charge in [0.2, 0.25) is 0 Å². The third-order valence-corrected chi connectivity index (χ3v) is 10.6. The second-order valence-electron chi connectivity index (χ2n) is 10.4. The number of nitrogens with one attached hydrogen (secondary N) is 2. The molecule has 0 amide bonds. The van der Waals surface area contributed by atoms with Crippen LogP contribution in [0.5, 0.6) is 11.5 Å². The normalized spacial score (nSPS) is 11.7. The van der Waals surface area contributed by atoms with Crippen molar-refractivity contribution >= 4 is 53.0 Å². The minimum Gasteiger partial charge on any atom is -0.457 e. The number of rotatable bonds is 12. The summed E-state index contributed by atoms with van der Waals surface area (Å²) in [5.74, 6) is 5.24. The molecule has 0 atom stereocenters. The number of thiocarbonyl (C=S) groups is 1. The molecule has 0 aliphatic heterocycles. The first-order valence-corrected chi connectivity index (χ1v) is 17.9. The van der Waals surface area contributed by atoms with Gasteiger partial charge in [0.25, 0.3) is 0 Å². The van der Waals surface area contributed by atoms with Crippen molar-refractivity contribution in [1.29, 1.82) is 0 Å². The Kier molecular flexibility index (Phi) is 16.1. The molecule has 0 fully saturated rings. The summed E-state index contributed by atoms with van der Waals surface area (Å²) in [5, 5.41) is 7.44. The third kappa shape index (κ3) is 13.8. The van der Waals surface area contributed by atoms with Crippen molar-refractivity contribution in [2.45, 2.75) is 72.8 Å². The molecule has 220 valence electrons. The first-order chi connectivity index (χ1) is 18.2. The van der Waals surface area contributed by atoms with Crippen LogP contribution >= 0.6 is 42.2 Å². The average Bonchev–Trinajstić information content (AvgIpc) is 2.86. The van der Waals surface area contributed by atoms with Crippen molar-refractivity contribution in [2.24, 2.45) is 0 Å². The first kappa shape index (κ1) is 35.8. The van der Waals surface area contributed by atoms with E-state index in [0.29, 0.717) is 16.9 Å². The molecule has 0 saturated carbocycles. The number of thioether (sulfide) groups is 1. The van der Waals surface area contributed by atoms with Crippen LogP contribution in [0.2, 0.25) is 0 Å². The predicted octanol–water partition coefficient (Wildman–Crippen LogP) is 9.68. The van der Waals surface area contributed by atoms with Crippen molar-refractivity contribution in [3.63, 3.8) is 0 Å². The van der Waals surface area contributed by atoms with Crippen molar-refractivity contribution in [2.75, 3.05) is 36.8 Å². The first-order valence-electron chi connectivity index (χ1n) is 13.2. The van der Waals surface area contributed by atoms with Crippen LogP contribution < -0.4 is 15.4 Å². The highest BCUT2D eigenvalue weighted by atomic mass is 32.7. The van der Waals surface area contributed by atoms with Crippen molar-refractivity contribution in [3.05, 3.63) is 53.6 Å². The van der Waals surface area contributed by atoms with Crippen LogP contribution in [0.15, 0.2) is 42.5 Å². The van der Waals surface area contributed by atoms with E-state index in [1.54, 1.807) is 0 Å². The van der Waals surface area contributed by atoms with Crippen LogP contribution in [0.4, 0.5) is 5.69 Å². The predicted molar refractivity (Wildman–Crippen MR) is 177 cm³/mol. The van der Waals surface area contributed by atoms with E-state index in [0.717, 1.165) is 34.4 Å². The van der Waals surface area contributed by atoms with E-state index < -0.39 is 6.80 Å². The standard InChI is InChI=1S/C23H32N2OS.C6H15O3PS2/c1-15(2)19-13-18(26-17-11-9-8-10-12-17)14-20(16(3)4)21(19)24-22(27)25-23(5,6)7;1-4-11-5-6-12-10(7,8-2)9-3/h8-16H,1-7H3,(H2,24,25,27);4-6H2,1-3H3. The number of ether oxygens (including phenoxy) is 1. The van der Waals surface area contributed by atoms with E-state index in [4.69, 9.17) is 26.0 Å². The summed E-state index contributed by atoms with van der Waals surface area (Å²) < 4.78 is 27.1. The van der Waals surface area contributed by atoms with Gasteiger partial charge in [-0.2, -0.15) is 11.8 Å². The van der Waals surface area contributed by atoms with Crippen LogP contribution in [0.25, 0.3) is 0 Å². The van der Waals surface area contributed by atoms with Gasteiger partial charge in [0.1, 0.15) is 11.5 Å². The van der Waals surface area contributed by atoms with Crippen molar-refractivity contribution in [1.82, 2.24) is 5.32 Å². The number of anilines is 1. The maximum Gasteiger partial charge on any atom is 0.388 e. The lowest BCUT2D eigenvalue weighted by Gasteiger charge is -2.27. The van der Waals surface area contributed by atoms with E-state index in [-0.39, 0.29) is 5.54 Å². The zero-order chi connectivity index (χ0) is 29.6. The third-order valence-electron chi connectivity index (χ3n) is 5.25. The van der Waals surface area contributed by atoms with E-state index >= 15 is 0 Å². The second kappa shape index (κ2) is 17.6. The Balaban J connectivity index is 0.000000534. The monoisotopic (exact) mass is 614 g/mol. The SMILES string of the molecule is CC(C)c1cc(Oc2ccccc2)cc(C(C)C)c1NC(=S)NC(C)(C)C.CCSCCSP(=O)(OC)OC. The molecule has 2 rings (SSSR count). The Morgan fingerprint density at radius 2 is 1.49 bits per heavy atom. The summed E-state index contributed by atoms with van der Waals surface area (Å²) in [6.07, 6.45) is 0. The fraction of sp³-hybridized carbons (Fsp3) is 0.552. The summed E-state index contributed by atoms with van der Waals surface area (Å²) in [5.41, 5.74) is 3.40. The molecular formula is C29H47N2O4PS3. The molecule has 2 N–H and O–H groups in total. The summed E-state index contributed by atoms with van der Waals surface area (Å²) in [4.78, 5) is 0. The quantitative estimate of drug-likeness (QED) is 0.138. The highest BCUT2D eigenvalue weighted by molar-refractivity contribution is 8.55. The number of para-hydroxylation sites is 1. The number of hydrogen-bond acceptors (Lipinski definition) is 7. The van der Waals surface area contributed by atoms with Gasteiger partial charge >= 0.3 is 6.80 Å². The van der Waals surface area contributed by atoms with Crippen LogP contribution in [-0.2, 0) is 13.6 Å². The highest BCUT2D eigenvalue weighted by Crippen LogP contribution is 2.59. The van der Waals surface area contributed by atoms with Gasteiger partial charge in [-0.05, 0) is 97.4 Å². The van der Waals surface area contributed by atoms with Crippen molar-refractivity contribution in [3.8, 4) is 11.5 Å². The Morgan fingerprint density at radius 3 is 1.92 bits per heavy atom. The molecule has 0 spiro atoms. The van der Waals surface area contributed by atoms with E-state index in [2.05, 4.69) is 78.2 Å². The molecule has 0 aromatic heterocycles. The molecule has 6 nitrogen and oxygen atoms in total. The topological polar surface area (TPSA) is 68.8 Å². The van der Waals surface area contributed by atoms with Gasteiger partial charge < -0.3 is 24.4 Å². The van der Waals surface area contributed by atoms with E-state index in [1.807, 2.05) is 42.1 Å². The molecular weight excluding hydrogens is 568 g/mol. The van der Waals surface area contributed by atoms with Gasteiger partial charge in [-0.1, -0.05) is 52.8 Å². The summed E-state index contributed by atoms with van der Waals surface area (Å²) in [6.45, 7) is 14.4. The fourth-order valence-corrected chi connectivity index (χ4v) is 7.44. The van der Waals surface area contributed by atoms with Gasteiger partial charge in [0, 0.05) is 37.0 Å². The molecule has 0 aliphatic carbocycles. The molecule has 0 bridgehead atoms. The van der Waals surface area contributed by atoms with Crippen LogP contribution in [0.1, 0.15) is 78.4 Å². The van der Waals surface area contributed by atoms with Crippen LogP contribution in [0, 0.1) is 0 Å². The van der Waals surface area contributed by atoms with Gasteiger partial charge in [-0.15, -0.1) is 0 Å². The maximum atomic E-state index is 11.4. The van der Waals surface area contributed by atoms with Gasteiger partial charge in [0.15, 0.2) is 5.11 Å². The lowest BCUT2D eigenvalue weighted by Crippen LogP contribution is -2.43. The Hall–Kier alpha value is -1.22. The number of hydrogen-bond donors (Lipinski definition) is 2. The molecule has 10 heteroatoms. The van der Waals surface area contributed by atoms with E-state index in [1.165, 1.54) is 36.7 Å². The molecule has 2 aromatic rings. The minimum absolute atomic E-state index is 0.0869. The Bertz CT molecular complexity index is 1020. The zero-order valence-electron chi connectivity index (χ0n) is 25.1. The summed E-state index contributed by atoms with van der Waals surface area (Å²) in [6, 6.07) is 14.1. The maximum absolute atomic E-state index is 11.4. The lowest BCUT2D eigenvalue weighted by molar-refractivity contribution is 0.295. The van der Waals surface area contributed by atoms with E-state index in [9.17, 15) is 4.57 Å².